The van der Waals surface area contributed by atoms with Crippen LogP contribution in [0.3, 0.4) is 0 Å². The molecule has 0 aromatic carbocycles. The van der Waals surface area contributed by atoms with Crippen LogP contribution in [0.1, 0.15) is 13.8 Å². The lowest BCUT2D eigenvalue weighted by Crippen LogP contribution is -2.68. The zero-order chi connectivity index (χ0) is 22.6. The van der Waals surface area contributed by atoms with Crippen molar-refractivity contribution in [1.29, 1.82) is 0 Å². The first kappa shape index (κ1) is 25.3. The average Bonchev–Trinajstić information content (AvgIpc) is 2.71. The molecule has 0 aliphatic carbocycles. The monoisotopic (exact) mass is 441 g/mol. The number of hydrogen-bond acceptors (Lipinski definition) is 12. The third-order valence-electron chi connectivity index (χ3n) is 5.06. The van der Waals surface area contributed by atoms with Crippen LogP contribution in [0.2, 0.25) is 0 Å². The van der Waals surface area contributed by atoms with Gasteiger partial charge in [-0.05, 0) is 6.92 Å². The molecule has 0 spiro atoms. The van der Waals surface area contributed by atoms with Crippen molar-refractivity contribution in [3.63, 3.8) is 0 Å². The summed E-state index contributed by atoms with van der Waals surface area (Å²) in [7, 11) is 0. The molecule has 2 rings (SSSR count). The summed E-state index contributed by atoms with van der Waals surface area (Å²) in [5.74, 6) is -0.557. The van der Waals surface area contributed by atoms with Crippen LogP contribution in [0, 0.1) is 0 Å². The van der Waals surface area contributed by atoms with Crippen LogP contribution in [0.15, 0.2) is 0 Å². The summed E-state index contributed by atoms with van der Waals surface area (Å²) in [5.41, 5.74) is 0. The van der Waals surface area contributed by atoms with Crippen LogP contribution in [-0.4, -0.2) is 129 Å². The maximum atomic E-state index is 11.7. The normalized spacial score (nSPS) is 42.3. The number of ether oxygens (including phenoxy) is 4. The van der Waals surface area contributed by atoms with Crippen molar-refractivity contribution in [3.8, 4) is 0 Å². The van der Waals surface area contributed by atoms with Gasteiger partial charge in [-0.25, -0.2) is 0 Å². The molecule has 0 bridgehead atoms. The van der Waals surface area contributed by atoms with E-state index in [0.717, 1.165) is 0 Å². The summed E-state index contributed by atoms with van der Waals surface area (Å²) >= 11 is 0. The van der Waals surface area contributed by atoms with Crippen molar-refractivity contribution in [1.82, 2.24) is 5.32 Å². The molecule has 2 aliphatic rings. The van der Waals surface area contributed by atoms with Gasteiger partial charge in [-0.3, -0.25) is 4.79 Å². The van der Waals surface area contributed by atoms with Crippen molar-refractivity contribution in [3.05, 3.63) is 0 Å². The molecule has 0 aromatic rings. The first-order chi connectivity index (χ1) is 14.1. The van der Waals surface area contributed by atoms with Gasteiger partial charge < -0.3 is 60.0 Å². The second kappa shape index (κ2) is 11.1. The van der Waals surface area contributed by atoms with E-state index in [4.69, 9.17) is 18.9 Å². The first-order valence-electron chi connectivity index (χ1n) is 9.58. The molecule has 13 nitrogen and oxygen atoms in total. The zero-order valence-corrected chi connectivity index (χ0v) is 16.6. The molecule has 0 saturated carbocycles. The number of aliphatic hydroxyl groups is 7. The third kappa shape index (κ3) is 5.63. The van der Waals surface area contributed by atoms with Gasteiger partial charge >= 0.3 is 0 Å². The minimum atomic E-state index is -1.68. The number of amides is 1. The van der Waals surface area contributed by atoms with E-state index in [1.54, 1.807) is 0 Å². The standard InChI is InChI=1S/C17H31NO12/c1-6-11(23)13(25)14(26)17(27-6)30-15-10(18-7(2)22)16(28-8(3-19)4-20)29-9(5-21)12(15)24/h6,8-17,19-21,23-26H,3-5H2,1-2H3,(H,18,22)/t6-,9+,10+,11-,12+,13+,14+,15+,16+,17-/m0/s1. The number of carbonyl (C=O) groups is 1. The molecule has 0 radical (unpaired) electrons. The zero-order valence-electron chi connectivity index (χ0n) is 16.6. The molecule has 0 aromatic heterocycles. The van der Waals surface area contributed by atoms with Gasteiger partial charge in [-0.2, -0.15) is 0 Å². The Morgan fingerprint density at radius 3 is 2.13 bits per heavy atom. The molecule has 13 heteroatoms. The number of nitrogens with one attached hydrogen (secondary N) is 1. The van der Waals surface area contributed by atoms with Crippen molar-refractivity contribution in [2.24, 2.45) is 0 Å². The highest BCUT2D eigenvalue weighted by Crippen LogP contribution is 2.30. The minimum absolute atomic E-state index is 0.557. The number of rotatable bonds is 8. The predicted molar refractivity (Wildman–Crippen MR) is 95.6 cm³/mol. The second-order valence-corrected chi connectivity index (χ2v) is 7.35. The smallest absolute Gasteiger partial charge is 0.217 e. The highest BCUT2D eigenvalue weighted by molar-refractivity contribution is 5.73. The molecule has 30 heavy (non-hydrogen) atoms. The molecule has 176 valence electrons. The van der Waals surface area contributed by atoms with Gasteiger partial charge in [-0.1, -0.05) is 0 Å². The predicted octanol–water partition coefficient (Wildman–Crippen LogP) is -4.85. The van der Waals surface area contributed by atoms with E-state index in [1.807, 2.05) is 0 Å². The van der Waals surface area contributed by atoms with Crippen molar-refractivity contribution >= 4 is 5.91 Å². The summed E-state index contributed by atoms with van der Waals surface area (Å²) in [4.78, 5) is 11.7. The molecule has 2 heterocycles. The Hall–Kier alpha value is -0.970. The van der Waals surface area contributed by atoms with E-state index in [-0.39, 0.29) is 0 Å². The van der Waals surface area contributed by atoms with Crippen LogP contribution >= 0.6 is 0 Å². The maximum absolute atomic E-state index is 11.7. The van der Waals surface area contributed by atoms with Crippen LogP contribution in [-0.2, 0) is 23.7 Å². The molecule has 1 amide bonds. The van der Waals surface area contributed by atoms with Gasteiger partial charge in [0.1, 0.15) is 48.8 Å². The lowest BCUT2D eigenvalue weighted by Gasteiger charge is -2.47. The van der Waals surface area contributed by atoms with Gasteiger partial charge in [0.2, 0.25) is 5.91 Å². The summed E-state index contributed by atoms with van der Waals surface area (Å²) in [6.07, 6.45) is -13.6. The van der Waals surface area contributed by atoms with E-state index in [9.17, 15) is 40.5 Å². The largest absolute Gasteiger partial charge is 0.394 e. The van der Waals surface area contributed by atoms with Gasteiger partial charge in [0.05, 0.1) is 25.9 Å². The topological polar surface area (TPSA) is 208 Å². The van der Waals surface area contributed by atoms with Gasteiger partial charge in [0.15, 0.2) is 12.6 Å². The fourth-order valence-corrected chi connectivity index (χ4v) is 3.35. The fourth-order valence-electron chi connectivity index (χ4n) is 3.35. The molecule has 10 atom stereocenters. The minimum Gasteiger partial charge on any atom is -0.394 e. The van der Waals surface area contributed by atoms with Crippen molar-refractivity contribution in [2.45, 2.75) is 81.3 Å². The molecule has 0 unspecified atom stereocenters. The summed E-state index contributed by atoms with van der Waals surface area (Å²) in [6.45, 7) is 0.808. The van der Waals surface area contributed by atoms with E-state index in [1.165, 1.54) is 13.8 Å². The SMILES string of the molecule is CC(=O)N[C@H]1[C@H](OC(CO)CO)O[C@H](CO)[C@@H](O)[C@@H]1O[C@@H]1O[C@@H](C)[C@H](O)[C@@H](O)[C@H]1O. The van der Waals surface area contributed by atoms with E-state index in [2.05, 4.69) is 5.32 Å². The molecule has 2 saturated heterocycles. The first-order valence-corrected chi connectivity index (χ1v) is 9.58. The highest BCUT2D eigenvalue weighted by atomic mass is 16.7. The number of hydrogen-bond donors (Lipinski definition) is 8. The van der Waals surface area contributed by atoms with Crippen LogP contribution in [0.4, 0.5) is 0 Å². The number of aliphatic hydroxyl groups excluding tert-OH is 7. The maximum Gasteiger partial charge on any atom is 0.217 e. The summed E-state index contributed by atoms with van der Waals surface area (Å²) in [5, 5.41) is 71.2. The lowest BCUT2D eigenvalue weighted by molar-refractivity contribution is -0.345. The summed E-state index contributed by atoms with van der Waals surface area (Å²) < 4.78 is 22.0. The molecule has 2 fully saturated rings. The van der Waals surface area contributed by atoms with E-state index < -0.39 is 93.2 Å². The number of carbonyl (C=O) groups excluding carboxylic acids is 1. The summed E-state index contributed by atoms with van der Waals surface area (Å²) in [6, 6.07) is -1.21. The average molecular weight is 441 g/mol. The fraction of sp³-hybridized carbons (Fsp3) is 0.941. The Morgan fingerprint density at radius 1 is 0.967 bits per heavy atom. The Morgan fingerprint density at radius 2 is 1.60 bits per heavy atom. The quantitative estimate of drug-likeness (QED) is 0.178. The van der Waals surface area contributed by atoms with E-state index in [0.29, 0.717) is 0 Å². The van der Waals surface area contributed by atoms with Gasteiger partial charge in [-0.15, -0.1) is 0 Å². The van der Waals surface area contributed by atoms with Crippen LogP contribution < -0.4 is 5.32 Å². The van der Waals surface area contributed by atoms with Crippen molar-refractivity contribution in [2.75, 3.05) is 19.8 Å². The molecule has 8 N–H and O–H groups in total. The Bertz CT molecular complexity index is 547. The highest BCUT2D eigenvalue weighted by Gasteiger charge is 2.51. The van der Waals surface area contributed by atoms with Crippen LogP contribution in [0.25, 0.3) is 0 Å². The second-order valence-electron chi connectivity index (χ2n) is 7.35. The van der Waals surface area contributed by atoms with Gasteiger partial charge in [0.25, 0.3) is 0 Å². The Balaban J connectivity index is 2.29. The van der Waals surface area contributed by atoms with Crippen LogP contribution in [0.5, 0.6) is 0 Å². The Labute approximate surface area is 172 Å². The van der Waals surface area contributed by atoms with Crippen molar-refractivity contribution < 1.29 is 59.5 Å². The van der Waals surface area contributed by atoms with Gasteiger partial charge in [0, 0.05) is 6.92 Å². The Kier molecular flexibility index (Phi) is 9.32. The van der Waals surface area contributed by atoms with E-state index >= 15 is 0 Å². The lowest BCUT2D eigenvalue weighted by atomic mass is 9.95. The molecule has 2 aliphatic heterocycles. The molecular formula is C17H31NO12. The molecular weight excluding hydrogens is 410 g/mol. The third-order valence-corrected chi connectivity index (χ3v) is 5.06.